The highest BCUT2D eigenvalue weighted by molar-refractivity contribution is 5.83. The number of carbonyl (C=O) groups is 1. The Labute approximate surface area is 58.1 Å². The third-order valence-electron chi connectivity index (χ3n) is 0.773. The number of nitrogens with one attached hydrogen (secondary N) is 2. The molecule has 5 N–H and O–H groups in total. The highest BCUT2D eigenvalue weighted by Crippen LogP contribution is 1.61. The van der Waals surface area contributed by atoms with E-state index in [4.69, 9.17) is 10.9 Å². The SMILES string of the molecule is CN/C(=N/N)NCC(=O)O. The van der Waals surface area contributed by atoms with Crippen LogP contribution in [0.25, 0.3) is 0 Å². The predicted octanol–water partition coefficient (Wildman–Crippen LogP) is -1.89. The Kier molecular flexibility index (Phi) is 3.78. The zero-order valence-corrected chi connectivity index (χ0v) is 5.59. The maximum Gasteiger partial charge on any atom is 0.322 e. The molecular weight excluding hydrogens is 136 g/mol. The second kappa shape index (κ2) is 4.42. The third-order valence-corrected chi connectivity index (χ3v) is 0.773. The summed E-state index contributed by atoms with van der Waals surface area (Å²) in [5, 5.41) is 16.4. The molecule has 0 aromatic heterocycles. The molecule has 0 aliphatic carbocycles. The lowest BCUT2D eigenvalue weighted by atomic mass is 10.6. The number of hydrogen-bond acceptors (Lipinski definition) is 3. The van der Waals surface area contributed by atoms with Gasteiger partial charge in [-0.3, -0.25) is 4.79 Å². The summed E-state index contributed by atoms with van der Waals surface area (Å²) < 4.78 is 0. The number of hydrazone groups is 1. The monoisotopic (exact) mass is 146 g/mol. The minimum atomic E-state index is -0.962. The largest absolute Gasteiger partial charge is 0.480 e. The first-order valence-corrected chi connectivity index (χ1v) is 2.62. The zero-order chi connectivity index (χ0) is 7.98. The van der Waals surface area contributed by atoms with E-state index in [-0.39, 0.29) is 12.5 Å². The lowest BCUT2D eigenvalue weighted by Gasteiger charge is -2.03. The summed E-state index contributed by atoms with van der Waals surface area (Å²) in [6, 6.07) is 0. The molecule has 0 rings (SSSR count). The summed E-state index contributed by atoms with van der Waals surface area (Å²) in [5.41, 5.74) is 0. The van der Waals surface area contributed by atoms with Crippen molar-refractivity contribution in [3.8, 4) is 0 Å². The van der Waals surface area contributed by atoms with E-state index >= 15 is 0 Å². The van der Waals surface area contributed by atoms with Crippen LogP contribution in [0.5, 0.6) is 0 Å². The summed E-state index contributed by atoms with van der Waals surface area (Å²) in [6.45, 7) is -0.198. The standard InChI is InChI=1S/C4H10N4O2/c1-6-4(8-5)7-2-3(9)10/h2,5H2,1H3,(H,9,10)(H2,6,7,8). The van der Waals surface area contributed by atoms with Crippen molar-refractivity contribution in [2.75, 3.05) is 13.6 Å². The van der Waals surface area contributed by atoms with E-state index in [1.54, 1.807) is 7.05 Å². The normalized spacial score (nSPS) is 10.7. The molecule has 0 saturated heterocycles. The Morgan fingerprint density at radius 1 is 1.80 bits per heavy atom. The lowest BCUT2D eigenvalue weighted by molar-refractivity contribution is -0.135. The number of rotatable bonds is 2. The lowest BCUT2D eigenvalue weighted by Crippen LogP contribution is -2.38. The fourth-order valence-corrected chi connectivity index (χ4v) is 0.358. The number of hydrogen-bond donors (Lipinski definition) is 4. The van der Waals surface area contributed by atoms with Crippen LogP contribution < -0.4 is 16.5 Å². The first-order chi connectivity index (χ1) is 4.70. The Morgan fingerprint density at radius 3 is 2.70 bits per heavy atom. The van der Waals surface area contributed by atoms with Crippen molar-refractivity contribution in [2.24, 2.45) is 10.9 Å². The second-order valence-corrected chi connectivity index (χ2v) is 1.47. The molecule has 0 spiro atoms. The van der Waals surface area contributed by atoms with E-state index in [1.165, 1.54) is 0 Å². The summed E-state index contributed by atoms with van der Waals surface area (Å²) in [5.74, 6) is 4.13. The van der Waals surface area contributed by atoms with Gasteiger partial charge in [-0.15, -0.1) is 5.10 Å². The molecule has 0 radical (unpaired) electrons. The summed E-state index contributed by atoms with van der Waals surface area (Å²) >= 11 is 0. The topological polar surface area (TPSA) is 99.7 Å². The first kappa shape index (κ1) is 8.54. The smallest absolute Gasteiger partial charge is 0.322 e. The molecule has 58 valence electrons. The minimum absolute atomic E-state index is 0.198. The van der Waals surface area contributed by atoms with E-state index in [2.05, 4.69) is 15.7 Å². The zero-order valence-electron chi connectivity index (χ0n) is 5.59. The van der Waals surface area contributed by atoms with Crippen molar-refractivity contribution in [2.45, 2.75) is 0 Å². The fraction of sp³-hybridized carbons (Fsp3) is 0.500. The second-order valence-electron chi connectivity index (χ2n) is 1.47. The van der Waals surface area contributed by atoms with Gasteiger partial charge in [0.2, 0.25) is 5.96 Å². The summed E-state index contributed by atoms with van der Waals surface area (Å²) in [6.07, 6.45) is 0. The third kappa shape index (κ3) is 3.53. The Balaban J connectivity index is 3.56. The van der Waals surface area contributed by atoms with E-state index in [0.29, 0.717) is 0 Å². The highest BCUT2D eigenvalue weighted by Gasteiger charge is 1.96. The quantitative estimate of drug-likeness (QED) is 0.158. The first-order valence-electron chi connectivity index (χ1n) is 2.62. The molecule has 0 bridgehead atoms. The van der Waals surface area contributed by atoms with Crippen molar-refractivity contribution in [1.29, 1.82) is 0 Å². The van der Waals surface area contributed by atoms with Crippen LogP contribution in [0.15, 0.2) is 5.10 Å². The molecular formula is C4H10N4O2. The molecule has 6 nitrogen and oxygen atoms in total. The summed E-state index contributed by atoms with van der Waals surface area (Å²) in [4.78, 5) is 9.95. The van der Waals surface area contributed by atoms with E-state index in [1.807, 2.05) is 0 Å². The van der Waals surface area contributed by atoms with E-state index in [0.717, 1.165) is 0 Å². The van der Waals surface area contributed by atoms with Gasteiger partial charge in [0.05, 0.1) is 0 Å². The van der Waals surface area contributed by atoms with E-state index < -0.39 is 5.97 Å². The molecule has 0 atom stereocenters. The van der Waals surface area contributed by atoms with Gasteiger partial charge in [0.15, 0.2) is 0 Å². The van der Waals surface area contributed by atoms with Crippen LogP contribution in [0.2, 0.25) is 0 Å². The maximum atomic E-state index is 9.95. The predicted molar refractivity (Wildman–Crippen MR) is 36.3 cm³/mol. The van der Waals surface area contributed by atoms with Gasteiger partial charge in [0, 0.05) is 7.05 Å². The summed E-state index contributed by atoms with van der Waals surface area (Å²) in [7, 11) is 1.58. The molecule has 0 aliphatic heterocycles. The van der Waals surface area contributed by atoms with Gasteiger partial charge >= 0.3 is 5.97 Å². The van der Waals surface area contributed by atoms with Crippen molar-refractivity contribution in [3.63, 3.8) is 0 Å². The number of carboxylic acids is 1. The molecule has 0 aromatic carbocycles. The molecule has 0 amide bonds. The van der Waals surface area contributed by atoms with Crippen LogP contribution in [-0.4, -0.2) is 30.6 Å². The molecule has 0 fully saturated rings. The molecule has 0 heterocycles. The van der Waals surface area contributed by atoms with Gasteiger partial charge in [-0.2, -0.15) is 0 Å². The number of nitrogens with zero attached hydrogens (tertiary/aromatic N) is 1. The average molecular weight is 146 g/mol. The molecule has 6 heteroatoms. The van der Waals surface area contributed by atoms with Crippen LogP contribution >= 0.6 is 0 Å². The Morgan fingerprint density at radius 2 is 2.40 bits per heavy atom. The minimum Gasteiger partial charge on any atom is -0.480 e. The Bertz CT molecular complexity index is 144. The van der Waals surface area contributed by atoms with Crippen LogP contribution in [-0.2, 0) is 4.79 Å². The van der Waals surface area contributed by atoms with Gasteiger partial charge in [-0.1, -0.05) is 0 Å². The van der Waals surface area contributed by atoms with Gasteiger partial charge in [-0.25, -0.2) is 0 Å². The highest BCUT2D eigenvalue weighted by atomic mass is 16.4. The van der Waals surface area contributed by atoms with Crippen LogP contribution in [0.1, 0.15) is 0 Å². The maximum absolute atomic E-state index is 9.95. The number of aliphatic carboxylic acids is 1. The van der Waals surface area contributed by atoms with Crippen LogP contribution in [0, 0.1) is 0 Å². The van der Waals surface area contributed by atoms with Crippen molar-refractivity contribution < 1.29 is 9.90 Å². The van der Waals surface area contributed by atoms with Crippen molar-refractivity contribution >= 4 is 11.9 Å². The van der Waals surface area contributed by atoms with E-state index in [9.17, 15) is 4.79 Å². The van der Waals surface area contributed by atoms with Crippen LogP contribution in [0.4, 0.5) is 0 Å². The molecule has 10 heavy (non-hydrogen) atoms. The number of guanidine groups is 1. The van der Waals surface area contributed by atoms with Crippen LogP contribution in [0.3, 0.4) is 0 Å². The van der Waals surface area contributed by atoms with Gasteiger partial charge in [0.1, 0.15) is 6.54 Å². The molecule has 0 saturated carbocycles. The molecule has 0 aromatic rings. The van der Waals surface area contributed by atoms with Gasteiger partial charge in [-0.05, 0) is 0 Å². The Hall–Kier alpha value is -1.46. The number of carboxylic acid groups (broad SMARTS) is 1. The van der Waals surface area contributed by atoms with Crippen molar-refractivity contribution in [1.82, 2.24) is 10.6 Å². The number of nitrogens with two attached hydrogens (primary N) is 1. The fourth-order valence-electron chi connectivity index (χ4n) is 0.358. The van der Waals surface area contributed by atoms with Gasteiger partial charge in [0.25, 0.3) is 0 Å². The average Bonchev–Trinajstić information content (AvgIpc) is 1.90. The van der Waals surface area contributed by atoms with Gasteiger partial charge < -0.3 is 21.6 Å². The van der Waals surface area contributed by atoms with Crippen molar-refractivity contribution in [3.05, 3.63) is 0 Å². The molecule has 0 aliphatic rings. The molecule has 0 unspecified atom stereocenters.